The third-order valence-electron chi connectivity index (χ3n) is 3.89. The average Bonchev–Trinajstić information content (AvgIpc) is 2.58. The Morgan fingerprint density at radius 2 is 2.00 bits per heavy atom. The van der Waals surface area contributed by atoms with E-state index in [1.54, 1.807) is 0 Å². The Kier molecular flexibility index (Phi) is 13.4. The van der Waals surface area contributed by atoms with E-state index in [-0.39, 0.29) is 30.1 Å². The number of hydrogen-bond donors (Lipinski definition) is 2. The molecule has 0 spiro atoms. The maximum absolute atomic E-state index is 5.80. The highest BCUT2D eigenvalue weighted by Crippen LogP contribution is 2.15. The van der Waals surface area contributed by atoms with Crippen molar-refractivity contribution in [3.63, 3.8) is 0 Å². The van der Waals surface area contributed by atoms with Gasteiger partial charge in [0.15, 0.2) is 5.96 Å². The van der Waals surface area contributed by atoms with Crippen LogP contribution in [-0.2, 0) is 11.3 Å². The van der Waals surface area contributed by atoms with Gasteiger partial charge in [-0.15, -0.1) is 24.0 Å². The Balaban J connectivity index is 0.00000625. The Labute approximate surface area is 176 Å². The van der Waals surface area contributed by atoms with Crippen molar-refractivity contribution < 1.29 is 4.74 Å². The molecule has 6 nitrogen and oxygen atoms in total. The van der Waals surface area contributed by atoms with Crippen LogP contribution in [0, 0.1) is 5.92 Å². The second kappa shape index (κ2) is 14.0. The van der Waals surface area contributed by atoms with Crippen molar-refractivity contribution in [3.8, 4) is 0 Å². The zero-order valence-corrected chi connectivity index (χ0v) is 19.4. The van der Waals surface area contributed by atoms with Crippen LogP contribution in [0.15, 0.2) is 23.3 Å². The fraction of sp³-hybridized carbons (Fsp3) is 0.684. The smallest absolute Gasteiger partial charge is 0.191 e. The minimum absolute atomic E-state index is 0. The van der Waals surface area contributed by atoms with Crippen LogP contribution in [0.3, 0.4) is 0 Å². The summed E-state index contributed by atoms with van der Waals surface area (Å²) in [7, 11) is 4.00. The minimum atomic E-state index is 0. The van der Waals surface area contributed by atoms with Crippen LogP contribution in [0.5, 0.6) is 0 Å². The molecular weight excluding hydrogens is 441 g/mol. The SMILES string of the molecule is CCNC(=NCc1cccnc1N(C)C)NCCC(OCC)C(C)C.I. The molecule has 2 N–H and O–H groups in total. The Bertz CT molecular complexity index is 522. The first-order chi connectivity index (χ1) is 12.0. The summed E-state index contributed by atoms with van der Waals surface area (Å²) in [6, 6.07) is 4.02. The van der Waals surface area contributed by atoms with Gasteiger partial charge in [-0.05, 0) is 32.3 Å². The molecule has 0 fully saturated rings. The number of hydrogen-bond acceptors (Lipinski definition) is 4. The van der Waals surface area contributed by atoms with E-state index in [0.29, 0.717) is 12.5 Å². The second-order valence-electron chi connectivity index (χ2n) is 6.53. The van der Waals surface area contributed by atoms with E-state index in [1.807, 2.05) is 38.2 Å². The molecule has 0 saturated heterocycles. The molecule has 1 rings (SSSR count). The first-order valence-electron chi connectivity index (χ1n) is 9.24. The van der Waals surface area contributed by atoms with Gasteiger partial charge in [0.1, 0.15) is 5.82 Å². The van der Waals surface area contributed by atoms with E-state index in [0.717, 1.165) is 43.5 Å². The number of pyridine rings is 1. The van der Waals surface area contributed by atoms with Gasteiger partial charge in [0.25, 0.3) is 0 Å². The summed E-state index contributed by atoms with van der Waals surface area (Å²) in [6.45, 7) is 11.5. The van der Waals surface area contributed by atoms with Crippen molar-refractivity contribution in [3.05, 3.63) is 23.9 Å². The summed E-state index contributed by atoms with van der Waals surface area (Å²) < 4.78 is 5.80. The van der Waals surface area contributed by atoms with Gasteiger partial charge in [-0.3, -0.25) is 0 Å². The number of aromatic nitrogens is 1. The topological polar surface area (TPSA) is 61.8 Å². The zero-order valence-electron chi connectivity index (χ0n) is 17.1. The molecule has 1 unspecified atom stereocenters. The van der Waals surface area contributed by atoms with Crippen molar-refractivity contribution >= 4 is 35.8 Å². The van der Waals surface area contributed by atoms with Crippen LogP contribution in [0.25, 0.3) is 0 Å². The molecule has 1 aromatic rings. The van der Waals surface area contributed by atoms with Crippen LogP contribution in [0.1, 0.15) is 39.7 Å². The highest BCUT2D eigenvalue weighted by Gasteiger charge is 2.13. The molecule has 7 heteroatoms. The maximum Gasteiger partial charge on any atom is 0.191 e. The third-order valence-corrected chi connectivity index (χ3v) is 3.89. The number of anilines is 1. The first kappa shape index (κ1) is 24.9. The van der Waals surface area contributed by atoms with Gasteiger partial charge in [-0.25, -0.2) is 9.98 Å². The largest absolute Gasteiger partial charge is 0.378 e. The number of nitrogens with zero attached hydrogens (tertiary/aromatic N) is 3. The lowest BCUT2D eigenvalue weighted by Crippen LogP contribution is -2.39. The molecule has 150 valence electrons. The summed E-state index contributed by atoms with van der Waals surface area (Å²) in [4.78, 5) is 11.1. The van der Waals surface area contributed by atoms with Gasteiger partial charge in [0, 0.05) is 45.6 Å². The van der Waals surface area contributed by atoms with Gasteiger partial charge >= 0.3 is 0 Å². The van der Waals surface area contributed by atoms with Crippen LogP contribution in [-0.4, -0.2) is 50.8 Å². The Morgan fingerprint density at radius 1 is 1.27 bits per heavy atom. The van der Waals surface area contributed by atoms with Crippen LogP contribution < -0.4 is 15.5 Å². The fourth-order valence-electron chi connectivity index (χ4n) is 2.62. The van der Waals surface area contributed by atoms with Gasteiger partial charge in [0.05, 0.1) is 12.6 Å². The molecule has 1 heterocycles. The fourth-order valence-corrected chi connectivity index (χ4v) is 2.62. The van der Waals surface area contributed by atoms with Crippen LogP contribution in [0.4, 0.5) is 5.82 Å². The van der Waals surface area contributed by atoms with Crippen molar-refractivity contribution in [1.29, 1.82) is 0 Å². The van der Waals surface area contributed by atoms with Gasteiger partial charge in [-0.1, -0.05) is 19.9 Å². The van der Waals surface area contributed by atoms with Gasteiger partial charge in [-0.2, -0.15) is 0 Å². The predicted molar refractivity (Wildman–Crippen MR) is 122 cm³/mol. The number of ether oxygens (including phenoxy) is 1. The summed E-state index contributed by atoms with van der Waals surface area (Å²) >= 11 is 0. The monoisotopic (exact) mass is 477 g/mol. The second-order valence-corrected chi connectivity index (χ2v) is 6.53. The highest BCUT2D eigenvalue weighted by molar-refractivity contribution is 14.0. The number of aliphatic imine (C=N–C) groups is 1. The van der Waals surface area contributed by atoms with Gasteiger partial charge in [0.2, 0.25) is 0 Å². The average molecular weight is 477 g/mol. The van der Waals surface area contributed by atoms with Crippen molar-refractivity contribution in [2.45, 2.75) is 46.8 Å². The minimum Gasteiger partial charge on any atom is -0.378 e. The summed E-state index contributed by atoms with van der Waals surface area (Å²) in [6.07, 6.45) is 3.05. The highest BCUT2D eigenvalue weighted by atomic mass is 127. The first-order valence-corrected chi connectivity index (χ1v) is 9.24. The molecule has 0 saturated carbocycles. The molecule has 0 bridgehead atoms. The van der Waals surface area contributed by atoms with Gasteiger partial charge < -0.3 is 20.3 Å². The summed E-state index contributed by atoms with van der Waals surface area (Å²) in [5, 5.41) is 6.71. The maximum atomic E-state index is 5.80. The number of rotatable bonds is 10. The molecule has 1 aromatic heterocycles. The molecule has 0 amide bonds. The van der Waals surface area contributed by atoms with Crippen molar-refractivity contribution in [1.82, 2.24) is 15.6 Å². The number of guanidine groups is 1. The molecule has 26 heavy (non-hydrogen) atoms. The lowest BCUT2D eigenvalue weighted by Gasteiger charge is -2.21. The molecular formula is C19H36IN5O. The summed E-state index contributed by atoms with van der Waals surface area (Å²) in [5.41, 5.74) is 1.11. The van der Waals surface area contributed by atoms with Crippen LogP contribution in [0.2, 0.25) is 0 Å². The molecule has 0 aliphatic heterocycles. The standard InChI is InChI=1S/C19H35N5O.HI/c1-7-20-19(22-13-11-17(15(3)4)25-8-2)23-14-16-10-9-12-21-18(16)24(5)6;/h9-10,12,15,17H,7-8,11,13-14H2,1-6H3,(H2,20,22,23);1H. The van der Waals surface area contributed by atoms with Crippen LogP contribution >= 0.6 is 24.0 Å². The third kappa shape index (κ3) is 9.02. The molecule has 0 aliphatic carbocycles. The van der Waals surface area contributed by atoms with Crippen molar-refractivity contribution in [2.75, 3.05) is 38.7 Å². The predicted octanol–water partition coefficient (Wildman–Crippen LogP) is 3.27. The lowest BCUT2D eigenvalue weighted by atomic mass is 10.0. The van der Waals surface area contributed by atoms with E-state index in [4.69, 9.17) is 9.73 Å². The van der Waals surface area contributed by atoms with E-state index in [9.17, 15) is 0 Å². The van der Waals surface area contributed by atoms with E-state index >= 15 is 0 Å². The zero-order chi connectivity index (χ0) is 18.7. The quantitative estimate of drug-likeness (QED) is 0.308. The molecule has 0 radical (unpaired) electrons. The normalized spacial score (nSPS) is 12.5. The van der Waals surface area contributed by atoms with E-state index in [1.165, 1.54) is 0 Å². The lowest BCUT2D eigenvalue weighted by molar-refractivity contribution is 0.0258. The van der Waals surface area contributed by atoms with E-state index in [2.05, 4.69) is 42.5 Å². The number of nitrogens with one attached hydrogen (secondary N) is 2. The molecule has 0 aliphatic rings. The summed E-state index contributed by atoms with van der Waals surface area (Å²) in [5.74, 6) is 2.30. The Morgan fingerprint density at radius 3 is 2.58 bits per heavy atom. The van der Waals surface area contributed by atoms with E-state index < -0.39 is 0 Å². The Hall–Kier alpha value is -1.09. The van der Waals surface area contributed by atoms with Crippen molar-refractivity contribution in [2.24, 2.45) is 10.9 Å². The molecule has 1 atom stereocenters. The number of halogens is 1. The molecule has 0 aromatic carbocycles.